The zero-order valence-corrected chi connectivity index (χ0v) is 12.4. The average Bonchev–Trinajstić information content (AvgIpc) is 3.13. The summed E-state index contributed by atoms with van der Waals surface area (Å²) in [7, 11) is 0. The fraction of sp³-hybridized carbons (Fsp3) is 0.0526. The molecule has 23 heavy (non-hydrogen) atoms. The van der Waals surface area contributed by atoms with E-state index >= 15 is 0 Å². The summed E-state index contributed by atoms with van der Waals surface area (Å²) >= 11 is 0. The molecular weight excluding hydrogens is 290 g/mol. The number of ketones is 1. The molecule has 1 heterocycles. The Bertz CT molecular complexity index is 808. The molecule has 0 fully saturated rings. The van der Waals surface area contributed by atoms with E-state index in [1.54, 1.807) is 66.9 Å². The normalized spacial score (nSPS) is 10.3. The molecule has 3 aromatic rings. The minimum absolute atomic E-state index is 0.172. The highest BCUT2D eigenvalue weighted by molar-refractivity contribution is 6.15. The van der Waals surface area contributed by atoms with E-state index in [9.17, 15) is 9.59 Å². The van der Waals surface area contributed by atoms with Crippen LogP contribution in [0.25, 0.3) is 0 Å². The van der Waals surface area contributed by atoms with Gasteiger partial charge in [-0.05, 0) is 18.2 Å². The molecule has 0 atom stereocenters. The highest BCUT2D eigenvalue weighted by Gasteiger charge is 2.17. The maximum atomic E-state index is 12.6. The number of furan rings is 1. The minimum atomic E-state index is -0.304. The van der Waals surface area contributed by atoms with E-state index < -0.39 is 0 Å². The van der Waals surface area contributed by atoms with Gasteiger partial charge in [-0.1, -0.05) is 48.5 Å². The summed E-state index contributed by atoms with van der Waals surface area (Å²) < 4.78 is 5.19. The summed E-state index contributed by atoms with van der Waals surface area (Å²) in [5.74, 6) is 0.181. The molecule has 1 amide bonds. The van der Waals surface area contributed by atoms with Crippen molar-refractivity contribution in [3.05, 3.63) is 95.4 Å². The Balaban J connectivity index is 1.83. The van der Waals surface area contributed by atoms with Crippen molar-refractivity contribution in [3.63, 3.8) is 0 Å². The van der Waals surface area contributed by atoms with Crippen molar-refractivity contribution in [1.82, 2.24) is 5.32 Å². The van der Waals surface area contributed by atoms with Crippen molar-refractivity contribution in [3.8, 4) is 0 Å². The molecule has 0 spiro atoms. The number of carbonyl (C=O) groups is 2. The maximum absolute atomic E-state index is 12.6. The summed E-state index contributed by atoms with van der Waals surface area (Å²) in [6.07, 6.45) is 1.55. The van der Waals surface area contributed by atoms with E-state index in [0.717, 1.165) is 0 Å². The third kappa shape index (κ3) is 3.37. The molecule has 0 radical (unpaired) electrons. The topological polar surface area (TPSA) is 59.3 Å². The molecule has 0 bridgehead atoms. The molecule has 4 nitrogen and oxygen atoms in total. The third-order valence-corrected chi connectivity index (χ3v) is 3.46. The predicted octanol–water partition coefficient (Wildman–Crippen LogP) is 3.44. The second-order valence-corrected chi connectivity index (χ2v) is 5.00. The zero-order chi connectivity index (χ0) is 16.1. The number of hydrogen-bond donors (Lipinski definition) is 1. The molecule has 4 heteroatoms. The summed E-state index contributed by atoms with van der Waals surface area (Å²) in [5.41, 5.74) is 1.29. The van der Waals surface area contributed by atoms with Gasteiger partial charge in [-0.15, -0.1) is 0 Å². The van der Waals surface area contributed by atoms with Gasteiger partial charge in [0.1, 0.15) is 5.76 Å². The van der Waals surface area contributed by atoms with Gasteiger partial charge >= 0.3 is 0 Å². The smallest absolute Gasteiger partial charge is 0.252 e. The first-order chi connectivity index (χ1) is 11.3. The quantitative estimate of drug-likeness (QED) is 0.735. The summed E-state index contributed by atoms with van der Waals surface area (Å²) in [4.78, 5) is 25.0. The molecule has 1 N–H and O–H groups in total. The van der Waals surface area contributed by atoms with Crippen LogP contribution in [0.2, 0.25) is 0 Å². The molecule has 0 saturated carbocycles. The lowest BCUT2D eigenvalue weighted by molar-refractivity contribution is 0.0937. The lowest BCUT2D eigenvalue weighted by Gasteiger charge is -2.09. The van der Waals surface area contributed by atoms with Crippen LogP contribution < -0.4 is 5.32 Å². The van der Waals surface area contributed by atoms with Gasteiger partial charge in [-0.25, -0.2) is 0 Å². The Kier molecular flexibility index (Phi) is 4.34. The van der Waals surface area contributed by atoms with Gasteiger partial charge in [0.15, 0.2) is 5.78 Å². The van der Waals surface area contributed by atoms with Crippen molar-refractivity contribution >= 4 is 11.7 Å². The Hall–Kier alpha value is -3.14. The van der Waals surface area contributed by atoms with Crippen molar-refractivity contribution < 1.29 is 14.0 Å². The molecule has 0 aliphatic rings. The number of nitrogens with one attached hydrogen (secondary N) is 1. The molecule has 1 aromatic heterocycles. The number of rotatable bonds is 5. The largest absolute Gasteiger partial charge is 0.467 e. The first kappa shape index (κ1) is 14.8. The summed E-state index contributed by atoms with van der Waals surface area (Å²) in [6, 6.07) is 19.3. The molecule has 0 aliphatic heterocycles. The van der Waals surface area contributed by atoms with Crippen LogP contribution in [0, 0.1) is 0 Å². The Labute approximate surface area is 133 Å². The van der Waals surface area contributed by atoms with Gasteiger partial charge in [0.2, 0.25) is 0 Å². The second kappa shape index (κ2) is 6.75. The Morgan fingerprint density at radius 1 is 0.826 bits per heavy atom. The monoisotopic (exact) mass is 305 g/mol. The van der Waals surface area contributed by atoms with Crippen LogP contribution in [-0.2, 0) is 6.54 Å². The fourth-order valence-electron chi connectivity index (χ4n) is 2.30. The van der Waals surface area contributed by atoms with Crippen molar-refractivity contribution in [2.24, 2.45) is 0 Å². The molecule has 0 aliphatic carbocycles. The van der Waals surface area contributed by atoms with Gasteiger partial charge in [-0.2, -0.15) is 0 Å². The summed E-state index contributed by atoms with van der Waals surface area (Å²) in [6.45, 7) is 0.277. The van der Waals surface area contributed by atoms with Gasteiger partial charge in [-0.3, -0.25) is 9.59 Å². The lowest BCUT2D eigenvalue weighted by Crippen LogP contribution is -2.24. The maximum Gasteiger partial charge on any atom is 0.252 e. The number of carbonyl (C=O) groups excluding carboxylic acids is 2. The molecule has 3 rings (SSSR count). The minimum Gasteiger partial charge on any atom is -0.467 e. The van der Waals surface area contributed by atoms with E-state index in [-0.39, 0.29) is 18.2 Å². The van der Waals surface area contributed by atoms with Gasteiger partial charge in [0.25, 0.3) is 5.91 Å². The van der Waals surface area contributed by atoms with Gasteiger partial charge in [0, 0.05) is 11.1 Å². The summed E-state index contributed by atoms with van der Waals surface area (Å²) in [5, 5.41) is 2.76. The fourth-order valence-corrected chi connectivity index (χ4v) is 2.30. The third-order valence-electron chi connectivity index (χ3n) is 3.46. The molecular formula is C19H15NO3. The number of hydrogen-bond acceptors (Lipinski definition) is 3. The van der Waals surface area contributed by atoms with Crippen LogP contribution >= 0.6 is 0 Å². The Morgan fingerprint density at radius 3 is 2.22 bits per heavy atom. The van der Waals surface area contributed by atoms with Crippen LogP contribution in [-0.4, -0.2) is 11.7 Å². The SMILES string of the molecule is O=C(NCc1ccco1)c1ccccc1C(=O)c1ccccc1. The van der Waals surface area contributed by atoms with E-state index in [1.165, 1.54) is 0 Å². The first-order valence-corrected chi connectivity index (χ1v) is 7.25. The van der Waals surface area contributed by atoms with E-state index in [2.05, 4.69) is 5.32 Å². The first-order valence-electron chi connectivity index (χ1n) is 7.25. The van der Waals surface area contributed by atoms with Crippen LogP contribution in [0.5, 0.6) is 0 Å². The van der Waals surface area contributed by atoms with Gasteiger partial charge in [0.05, 0.1) is 18.4 Å². The highest BCUT2D eigenvalue weighted by atomic mass is 16.3. The number of benzene rings is 2. The lowest BCUT2D eigenvalue weighted by atomic mass is 9.98. The van der Waals surface area contributed by atoms with Crippen LogP contribution in [0.1, 0.15) is 32.0 Å². The molecule has 2 aromatic carbocycles. The average molecular weight is 305 g/mol. The predicted molar refractivity (Wildman–Crippen MR) is 86.2 cm³/mol. The standard InChI is InChI=1S/C19H15NO3/c21-18(14-7-2-1-3-8-14)16-10-4-5-11-17(16)19(22)20-13-15-9-6-12-23-15/h1-12H,13H2,(H,20,22). The van der Waals surface area contributed by atoms with Crippen molar-refractivity contribution in [2.75, 3.05) is 0 Å². The second-order valence-electron chi connectivity index (χ2n) is 5.00. The van der Waals surface area contributed by atoms with E-state index in [0.29, 0.717) is 22.5 Å². The number of amides is 1. The zero-order valence-electron chi connectivity index (χ0n) is 12.4. The molecule has 0 unspecified atom stereocenters. The molecule has 0 saturated heterocycles. The van der Waals surface area contributed by atoms with Crippen LogP contribution in [0.15, 0.2) is 77.4 Å². The van der Waals surface area contributed by atoms with E-state index in [1.807, 2.05) is 6.07 Å². The van der Waals surface area contributed by atoms with Crippen molar-refractivity contribution in [2.45, 2.75) is 6.54 Å². The highest BCUT2D eigenvalue weighted by Crippen LogP contribution is 2.15. The van der Waals surface area contributed by atoms with E-state index in [4.69, 9.17) is 4.42 Å². The van der Waals surface area contributed by atoms with Crippen molar-refractivity contribution in [1.29, 1.82) is 0 Å². The van der Waals surface area contributed by atoms with Crippen LogP contribution in [0.3, 0.4) is 0 Å². The molecule has 114 valence electrons. The van der Waals surface area contributed by atoms with Crippen LogP contribution in [0.4, 0.5) is 0 Å². The van der Waals surface area contributed by atoms with Gasteiger partial charge < -0.3 is 9.73 Å². The Morgan fingerprint density at radius 2 is 1.52 bits per heavy atom.